The van der Waals surface area contributed by atoms with Crippen molar-refractivity contribution in [1.82, 2.24) is 9.55 Å². The molecule has 2 aromatic carbocycles. The second-order valence-corrected chi connectivity index (χ2v) is 14.1. The molecule has 0 atom stereocenters. The van der Waals surface area contributed by atoms with Crippen molar-refractivity contribution in [2.75, 3.05) is 7.11 Å². The number of benzene rings is 2. The van der Waals surface area contributed by atoms with Crippen LogP contribution in [0.4, 0.5) is 0 Å². The van der Waals surface area contributed by atoms with Crippen molar-refractivity contribution in [3.8, 4) is 11.5 Å². The van der Waals surface area contributed by atoms with Gasteiger partial charge >= 0.3 is 0 Å². The zero-order valence-electron chi connectivity index (χ0n) is 19.5. The molecule has 164 valence electrons. The van der Waals surface area contributed by atoms with Crippen LogP contribution in [0.25, 0.3) is 0 Å². The third-order valence-electron chi connectivity index (χ3n) is 6.10. The molecule has 0 amide bonds. The molecule has 6 heteroatoms. The fourth-order valence-corrected chi connectivity index (χ4v) is 4.08. The second kappa shape index (κ2) is 8.71. The van der Waals surface area contributed by atoms with E-state index in [1.54, 1.807) is 37.7 Å². The number of nitrogens with zero attached hydrogens (tertiary/aromatic N) is 2. The Hall–Kier alpha value is -2.86. The SMILES string of the molecule is COc1ccc(C(=O)c2ncn(C)c2Cc2ccc(O[Si](C)(C)C(C)(C)C)cc2)cc1. The molecular formula is C25H32N2O3Si. The minimum atomic E-state index is -1.87. The molecule has 3 rings (SSSR count). The molecule has 1 heterocycles. The molecule has 0 bridgehead atoms. The predicted molar refractivity (Wildman–Crippen MR) is 127 cm³/mol. The lowest BCUT2D eigenvalue weighted by atomic mass is 10.0. The number of hydrogen-bond acceptors (Lipinski definition) is 4. The van der Waals surface area contributed by atoms with Crippen LogP contribution in [0.2, 0.25) is 18.1 Å². The lowest BCUT2D eigenvalue weighted by molar-refractivity contribution is 0.103. The Kier molecular flexibility index (Phi) is 6.41. The number of aromatic nitrogens is 2. The van der Waals surface area contributed by atoms with E-state index in [1.165, 1.54) is 0 Å². The van der Waals surface area contributed by atoms with E-state index in [-0.39, 0.29) is 10.8 Å². The summed E-state index contributed by atoms with van der Waals surface area (Å²) in [5.41, 5.74) is 3.07. The highest BCUT2D eigenvalue weighted by Gasteiger charge is 2.38. The summed E-state index contributed by atoms with van der Waals surface area (Å²) in [7, 11) is 1.65. The monoisotopic (exact) mass is 436 g/mol. The van der Waals surface area contributed by atoms with Gasteiger partial charge in [-0.25, -0.2) is 4.98 Å². The Morgan fingerprint density at radius 2 is 1.58 bits per heavy atom. The van der Waals surface area contributed by atoms with Crippen molar-refractivity contribution in [3.63, 3.8) is 0 Å². The number of ketones is 1. The fourth-order valence-electron chi connectivity index (χ4n) is 3.05. The zero-order chi connectivity index (χ0) is 22.8. The Balaban J connectivity index is 1.79. The summed E-state index contributed by atoms with van der Waals surface area (Å²) in [5.74, 6) is 1.53. The third-order valence-corrected chi connectivity index (χ3v) is 10.5. The lowest BCUT2D eigenvalue weighted by Crippen LogP contribution is -2.43. The van der Waals surface area contributed by atoms with Gasteiger partial charge in [0.05, 0.1) is 19.1 Å². The second-order valence-electron chi connectivity index (χ2n) is 9.39. The maximum absolute atomic E-state index is 13.0. The highest BCUT2D eigenvalue weighted by atomic mass is 28.4. The molecule has 0 N–H and O–H groups in total. The van der Waals surface area contributed by atoms with Crippen molar-refractivity contribution in [3.05, 3.63) is 77.4 Å². The maximum Gasteiger partial charge on any atom is 0.250 e. The molecular weight excluding hydrogens is 404 g/mol. The molecule has 0 fully saturated rings. The van der Waals surface area contributed by atoms with E-state index in [9.17, 15) is 4.79 Å². The van der Waals surface area contributed by atoms with E-state index in [1.807, 2.05) is 23.7 Å². The molecule has 0 spiro atoms. The van der Waals surface area contributed by atoms with E-state index >= 15 is 0 Å². The molecule has 31 heavy (non-hydrogen) atoms. The molecule has 0 saturated carbocycles. The van der Waals surface area contributed by atoms with Crippen molar-refractivity contribution in [2.24, 2.45) is 7.05 Å². The standard InChI is InChI=1S/C25H32N2O3Si/c1-25(2,3)31(6,7)30-21-12-8-18(9-13-21)16-22-23(26-17-27(22)4)24(28)19-10-14-20(29-5)15-11-19/h8-15,17H,16H2,1-7H3. The summed E-state index contributed by atoms with van der Waals surface area (Å²) in [6.45, 7) is 11.2. The van der Waals surface area contributed by atoms with Gasteiger partial charge in [0.1, 0.15) is 17.2 Å². The normalized spacial score (nSPS) is 12.0. The third kappa shape index (κ3) is 5.07. The molecule has 0 aliphatic rings. The van der Waals surface area contributed by atoms with Gasteiger partial charge in [-0.15, -0.1) is 0 Å². The van der Waals surface area contributed by atoms with Gasteiger partial charge in [-0.3, -0.25) is 4.79 Å². The van der Waals surface area contributed by atoms with E-state index in [4.69, 9.17) is 9.16 Å². The average molecular weight is 437 g/mol. The Bertz CT molecular complexity index is 1050. The fraction of sp³-hybridized carbons (Fsp3) is 0.360. The van der Waals surface area contributed by atoms with Gasteiger partial charge in [0.2, 0.25) is 14.1 Å². The highest BCUT2D eigenvalue weighted by molar-refractivity contribution is 6.74. The molecule has 3 aromatic rings. The molecule has 0 saturated heterocycles. The summed E-state index contributed by atoms with van der Waals surface area (Å²) in [4.78, 5) is 17.4. The van der Waals surface area contributed by atoms with Gasteiger partial charge in [-0.2, -0.15) is 0 Å². The topological polar surface area (TPSA) is 53.3 Å². The van der Waals surface area contributed by atoms with Gasteiger partial charge in [0, 0.05) is 19.0 Å². The first-order valence-corrected chi connectivity index (χ1v) is 13.4. The first-order valence-electron chi connectivity index (χ1n) is 10.5. The van der Waals surface area contributed by atoms with E-state index in [2.05, 4.69) is 51.0 Å². The highest BCUT2D eigenvalue weighted by Crippen LogP contribution is 2.37. The summed E-state index contributed by atoms with van der Waals surface area (Å²) in [6.07, 6.45) is 2.31. The molecule has 0 aliphatic heterocycles. The van der Waals surface area contributed by atoms with Crippen LogP contribution in [0, 0.1) is 0 Å². The van der Waals surface area contributed by atoms with Crippen LogP contribution in [0.15, 0.2) is 54.9 Å². The predicted octanol–water partition coefficient (Wildman–Crippen LogP) is 5.63. The van der Waals surface area contributed by atoms with Crippen molar-refractivity contribution in [2.45, 2.75) is 45.3 Å². The van der Waals surface area contributed by atoms with Crippen LogP contribution < -0.4 is 9.16 Å². The minimum absolute atomic E-state index is 0.0869. The van der Waals surface area contributed by atoms with Gasteiger partial charge < -0.3 is 13.7 Å². The van der Waals surface area contributed by atoms with Crippen LogP contribution in [0.5, 0.6) is 11.5 Å². The molecule has 0 radical (unpaired) electrons. The van der Waals surface area contributed by atoms with Crippen LogP contribution in [-0.4, -0.2) is 30.8 Å². The van der Waals surface area contributed by atoms with E-state index < -0.39 is 8.32 Å². The molecule has 0 aliphatic carbocycles. The first kappa shape index (κ1) is 22.8. The van der Waals surface area contributed by atoms with Gasteiger partial charge in [0.15, 0.2) is 0 Å². The summed E-state index contributed by atoms with van der Waals surface area (Å²) in [5, 5.41) is 0.150. The van der Waals surface area contributed by atoms with E-state index in [0.717, 1.165) is 22.8 Å². The Labute approximate surface area is 186 Å². The number of rotatable bonds is 7. The minimum Gasteiger partial charge on any atom is -0.544 e. The van der Waals surface area contributed by atoms with Crippen LogP contribution in [0.1, 0.15) is 48.1 Å². The summed E-state index contributed by atoms with van der Waals surface area (Å²) >= 11 is 0. The number of aryl methyl sites for hydroxylation is 1. The quantitative estimate of drug-likeness (QED) is 0.355. The number of imidazole rings is 1. The smallest absolute Gasteiger partial charge is 0.250 e. The summed E-state index contributed by atoms with van der Waals surface area (Å²) < 4.78 is 13.5. The van der Waals surface area contributed by atoms with Crippen molar-refractivity contribution in [1.29, 1.82) is 0 Å². The van der Waals surface area contributed by atoms with Crippen LogP contribution >= 0.6 is 0 Å². The lowest BCUT2D eigenvalue weighted by Gasteiger charge is -2.36. The summed E-state index contributed by atoms with van der Waals surface area (Å²) in [6, 6.07) is 15.3. The first-order chi connectivity index (χ1) is 14.5. The van der Waals surface area contributed by atoms with Gasteiger partial charge in [-0.05, 0) is 60.1 Å². The van der Waals surface area contributed by atoms with Gasteiger partial charge in [0.25, 0.3) is 0 Å². The number of carbonyl (C=O) groups excluding carboxylic acids is 1. The van der Waals surface area contributed by atoms with Crippen molar-refractivity contribution >= 4 is 14.1 Å². The number of hydrogen-bond donors (Lipinski definition) is 0. The number of carbonyl (C=O) groups is 1. The molecule has 1 aromatic heterocycles. The average Bonchev–Trinajstić information content (AvgIpc) is 3.08. The zero-order valence-corrected chi connectivity index (χ0v) is 20.5. The largest absolute Gasteiger partial charge is 0.544 e. The Morgan fingerprint density at radius 1 is 1.00 bits per heavy atom. The number of methoxy groups -OCH3 is 1. The van der Waals surface area contributed by atoms with Crippen molar-refractivity contribution < 1.29 is 14.0 Å². The van der Waals surface area contributed by atoms with Crippen LogP contribution in [-0.2, 0) is 13.5 Å². The molecule has 0 unspecified atom stereocenters. The maximum atomic E-state index is 13.0. The van der Waals surface area contributed by atoms with Crippen LogP contribution in [0.3, 0.4) is 0 Å². The molecule has 5 nitrogen and oxygen atoms in total. The number of ether oxygens (including phenoxy) is 1. The Morgan fingerprint density at radius 3 is 2.13 bits per heavy atom. The van der Waals surface area contributed by atoms with Gasteiger partial charge in [-0.1, -0.05) is 32.9 Å². The van der Waals surface area contributed by atoms with E-state index in [0.29, 0.717) is 17.7 Å².